The Kier molecular flexibility index (Phi) is 7.40. The maximum atomic E-state index is 8.92. The Morgan fingerprint density at radius 2 is 2.09 bits per heavy atom. The van der Waals surface area contributed by atoms with Gasteiger partial charge in [0.2, 0.25) is 0 Å². The molecule has 1 saturated heterocycles. The van der Waals surface area contributed by atoms with Crippen LogP contribution in [0, 0.1) is 17.2 Å². The number of anilines is 3. The van der Waals surface area contributed by atoms with Gasteiger partial charge in [0.1, 0.15) is 11.6 Å². The van der Waals surface area contributed by atoms with Crippen molar-refractivity contribution in [2.45, 2.75) is 63.5 Å². The molecule has 0 aromatic carbocycles. The average Bonchev–Trinajstić information content (AvgIpc) is 3.17. The van der Waals surface area contributed by atoms with Crippen molar-refractivity contribution in [1.82, 2.24) is 25.5 Å². The van der Waals surface area contributed by atoms with Crippen molar-refractivity contribution in [2.24, 2.45) is 5.92 Å². The number of nitrogens with one attached hydrogen (secondary N) is 4. The third-order valence-corrected chi connectivity index (χ3v) is 7.23. The van der Waals surface area contributed by atoms with Gasteiger partial charge in [0.25, 0.3) is 0 Å². The van der Waals surface area contributed by atoms with E-state index in [4.69, 9.17) is 15.0 Å². The first-order valence-corrected chi connectivity index (χ1v) is 12.7. The predicted molar refractivity (Wildman–Crippen MR) is 137 cm³/mol. The highest BCUT2D eigenvalue weighted by atomic mass is 16.5. The van der Waals surface area contributed by atoms with Gasteiger partial charge in [-0.05, 0) is 43.7 Å². The van der Waals surface area contributed by atoms with Gasteiger partial charge in [-0.2, -0.15) is 10.4 Å². The Labute approximate surface area is 206 Å². The monoisotopic (exact) mass is 474 g/mol. The van der Waals surface area contributed by atoms with E-state index >= 15 is 0 Å². The third-order valence-electron chi connectivity index (χ3n) is 7.23. The Bertz CT molecular complexity index is 1170. The number of H-pyrrole nitrogens is 1. The van der Waals surface area contributed by atoms with Gasteiger partial charge in [-0.15, -0.1) is 0 Å². The zero-order chi connectivity index (χ0) is 24.0. The van der Waals surface area contributed by atoms with Crippen molar-refractivity contribution in [3.8, 4) is 6.07 Å². The molecule has 1 aliphatic heterocycles. The van der Waals surface area contributed by atoms with Gasteiger partial charge < -0.3 is 20.7 Å². The molecule has 2 aliphatic rings. The van der Waals surface area contributed by atoms with Crippen LogP contribution in [0.2, 0.25) is 0 Å². The second kappa shape index (κ2) is 11.0. The molecule has 35 heavy (non-hydrogen) atoms. The first kappa shape index (κ1) is 23.5. The highest BCUT2D eigenvalue weighted by molar-refractivity contribution is 5.91. The fourth-order valence-electron chi connectivity index (χ4n) is 5.12. The molecule has 3 aromatic heterocycles. The standard InChI is InChI=1S/C26H34N8O/c1-2-17-6-7-19(28-10-4-8-27)12-20(11-17)30-26-21-5-3-9-29-23(21)14-24(32-26)31-25-13-22(33-34-25)18-15-35-16-18/h3,5,9,13-14,17-20,28H,2,4,6-7,10-12,15-16H2,1H3,(H3,30,31,32,33,34). The molecule has 5 rings (SSSR count). The molecule has 4 N–H and O–H groups in total. The second-order valence-electron chi connectivity index (χ2n) is 9.72. The van der Waals surface area contributed by atoms with E-state index < -0.39 is 0 Å². The van der Waals surface area contributed by atoms with Gasteiger partial charge in [-0.3, -0.25) is 10.1 Å². The zero-order valence-electron chi connectivity index (χ0n) is 20.3. The summed E-state index contributed by atoms with van der Waals surface area (Å²) in [5, 5.41) is 28.2. The number of pyridine rings is 2. The summed E-state index contributed by atoms with van der Waals surface area (Å²) in [5.74, 6) is 3.37. The van der Waals surface area contributed by atoms with Crippen molar-refractivity contribution >= 4 is 28.4 Å². The minimum absolute atomic E-state index is 0.295. The molecule has 4 heterocycles. The third kappa shape index (κ3) is 5.72. The Morgan fingerprint density at radius 3 is 2.89 bits per heavy atom. The van der Waals surface area contributed by atoms with Gasteiger partial charge >= 0.3 is 0 Å². The number of nitriles is 1. The van der Waals surface area contributed by atoms with Crippen LogP contribution in [0.3, 0.4) is 0 Å². The molecule has 184 valence electrons. The highest BCUT2D eigenvalue weighted by Crippen LogP contribution is 2.31. The summed E-state index contributed by atoms with van der Waals surface area (Å²) in [5.41, 5.74) is 1.97. The van der Waals surface area contributed by atoms with Crippen LogP contribution in [0.5, 0.6) is 0 Å². The van der Waals surface area contributed by atoms with Gasteiger partial charge in [-0.1, -0.05) is 13.3 Å². The largest absolute Gasteiger partial charge is 0.380 e. The van der Waals surface area contributed by atoms with Crippen molar-refractivity contribution in [3.63, 3.8) is 0 Å². The molecule has 2 fully saturated rings. The normalized spacial score (nSPS) is 22.8. The van der Waals surface area contributed by atoms with E-state index in [1.807, 2.05) is 24.4 Å². The summed E-state index contributed by atoms with van der Waals surface area (Å²) in [4.78, 5) is 9.56. The molecule has 0 bridgehead atoms. The maximum Gasteiger partial charge on any atom is 0.153 e. The number of ether oxygens (including phenoxy) is 1. The van der Waals surface area contributed by atoms with E-state index in [1.165, 1.54) is 12.8 Å². The lowest BCUT2D eigenvalue weighted by Crippen LogP contribution is -2.34. The molecule has 3 unspecified atom stereocenters. The van der Waals surface area contributed by atoms with Crippen LogP contribution >= 0.6 is 0 Å². The summed E-state index contributed by atoms with van der Waals surface area (Å²) < 4.78 is 5.30. The molecule has 0 amide bonds. The fraction of sp³-hybridized carbons (Fsp3) is 0.538. The SMILES string of the molecule is CCC1CCC(NCCC#N)CC(Nc2nc(Nc3cc(C4COC4)[nH]n3)cc3ncccc23)C1. The molecule has 0 radical (unpaired) electrons. The Hall–Kier alpha value is -3.22. The number of hydrogen-bond donors (Lipinski definition) is 4. The topological polar surface area (TPSA) is 124 Å². The smallest absolute Gasteiger partial charge is 0.153 e. The molecule has 3 aromatic rings. The number of rotatable bonds is 9. The molecule has 9 heteroatoms. The number of fused-ring (bicyclic) bond motifs is 1. The minimum atomic E-state index is 0.295. The van der Waals surface area contributed by atoms with Crippen molar-refractivity contribution in [1.29, 1.82) is 5.26 Å². The van der Waals surface area contributed by atoms with E-state index in [1.54, 1.807) is 0 Å². The number of aromatic amines is 1. The lowest BCUT2D eigenvalue weighted by molar-refractivity contribution is 0.00670. The highest BCUT2D eigenvalue weighted by Gasteiger charge is 2.26. The van der Waals surface area contributed by atoms with Crippen LogP contribution in [0.1, 0.15) is 57.1 Å². The van der Waals surface area contributed by atoms with Crippen LogP contribution in [-0.4, -0.2) is 52.0 Å². The number of aromatic nitrogens is 4. The summed E-state index contributed by atoms with van der Waals surface area (Å²) in [7, 11) is 0. The predicted octanol–water partition coefficient (Wildman–Crippen LogP) is 4.46. The van der Waals surface area contributed by atoms with E-state index in [0.29, 0.717) is 36.2 Å². The zero-order valence-corrected chi connectivity index (χ0v) is 20.3. The first-order valence-electron chi connectivity index (χ1n) is 12.7. The molecule has 1 aliphatic carbocycles. The molecule has 3 atom stereocenters. The second-order valence-corrected chi connectivity index (χ2v) is 9.72. The van der Waals surface area contributed by atoms with Crippen LogP contribution in [0.15, 0.2) is 30.5 Å². The van der Waals surface area contributed by atoms with Gasteiger partial charge in [0.15, 0.2) is 5.82 Å². The van der Waals surface area contributed by atoms with Crippen LogP contribution < -0.4 is 16.0 Å². The van der Waals surface area contributed by atoms with Crippen LogP contribution in [-0.2, 0) is 4.74 Å². The van der Waals surface area contributed by atoms with Crippen molar-refractivity contribution in [2.75, 3.05) is 30.4 Å². The number of nitrogens with zero attached hydrogens (tertiary/aromatic N) is 4. The molecular weight excluding hydrogens is 440 g/mol. The van der Waals surface area contributed by atoms with Crippen molar-refractivity contribution in [3.05, 3.63) is 36.2 Å². The quantitative estimate of drug-likeness (QED) is 0.265. The number of hydrogen-bond acceptors (Lipinski definition) is 8. The van der Waals surface area contributed by atoms with Gasteiger partial charge in [0.05, 0.1) is 24.8 Å². The van der Waals surface area contributed by atoms with Crippen LogP contribution in [0.25, 0.3) is 10.9 Å². The van der Waals surface area contributed by atoms with E-state index in [9.17, 15) is 0 Å². The fourth-order valence-corrected chi connectivity index (χ4v) is 5.12. The summed E-state index contributed by atoms with van der Waals surface area (Å²) in [6, 6.07) is 11.0. The van der Waals surface area contributed by atoms with Gasteiger partial charge in [-0.25, -0.2) is 4.98 Å². The minimum Gasteiger partial charge on any atom is -0.380 e. The summed E-state index contributed by atoms with van der Waals surface area (Å²) >= 11 is 0. The van der Waals surface area contributed by atoms with Gasteiger partial charge in [0, 0.05) is 60.4 Å². The summed E-state index contributed by atoms with van der Waals surface area (Å²) in [6.45, 7) is 4.50. The molecule has 1 saturated carbocycles. The Morgan fingerprint density at radius 1 is 1.17 bits per heavy atom. The summed E-state index contributed by atoms with van der Waals surface area (Å²) in [6.07, 6.45) is 8.01. The van der Waals surface area contributed by atoms with Crippen LogP contribution in [0.4, 0.5) is 17.5 Å². The first-order chi connectivity index (χ1) is 17.2. The Balaban J connectivity index is 1.37. The molecule has 0 spiro atoms. The van der Waals surface area contributed by atoms with Crippen molar-refractivity contribution < 1.29 is 4.74 Å². The maximum absolute atomic E-state index is 8.92. The molecular formula is C26H34N8O. The van der Waals surface area contributed by atoms with E-state index in [2.05, 4.69) is 50.2 Å². The molecule has 9 nitrogen and oxygen atoms in total. The van der Waals surface area contributed by atoms with E-state index in [0.717, 1.165) is 67.3 Å². The lowest BCUT2D eigenvalue weighted by atomic mass is 9.95. The lowest BCUT2D eigenvalue weighted by Gasteiger charge is -2.24. The average molecular weight is 475 g/mol. The van der Waals surface area contributed by atoms with E-state index in [-0.39, 0.29) is 0 Å².